The second kappa shape index (κ2) is 18.4. The Kier molecular flexibility index (Phi) is 14.3. The van der Waals surface area contributed by atoms with Crippen molar-refractivity contribution >= 4 is 76.3 Å². The predicted molar refractivity (Wildman–Crippen MR) is 188 cm³/mol. The van der Waals surface area contributed by atoms with E-state index in [1.165, 1.54) is 31.8 Å². The molecule has 0 atom stereocenters. The Bertz CT molecular complexity index is 1230. The zero-order valence-electron chi connectivity index (χ0n) is 22.7. The fraction of sp³-hybridized carbons (Fsp3) is 0. The van der Waals surface area contributed by atoms with E-state index in [0.717, 1.165) is 0 Å². The molecule has 0 radical (unpaired) electrons. The topological polar surface area (TPSA) is 0 Å². The summed E-state index contributed by atoms with van der Waals surface area (Å²) in [6.07, 6.45) is 0. The van der Waals surface area contributed by atoms with Crippen LogP contribution < -0.4 is 31.8 Å². The summed E-state index contributed by atoms with van der Waals surface area (Å²) in [5.41, 5.74) is 0. The first-order valence-corrected chi connectivity index (χ1v) is 21.9. The molecule has 0 heterocycles. The Morgan fingerprint density at radius 2 is 0.381 bits per heavy atom. The van der Waals surface area contributed by atoms with Crippen LogP contribution in [0.5, 0.6) is 0 Å². The average molecular weight is 737 g/mol. The van der Waals surface area contributed by atoms with Crippen molar-refractivity contribution in [1.29, 1.82) is 0 Å². The van der Waals surface area contributed by atoms with Gasteiger partial charge >= 0.3 is 42.3 Å². The van der Waals surface area contributed by atoms with Gasteiger partial charge < -0.3 is 0 Å². The molecule has 0 fully saturated rings. The second-order valence-corrected chi connectivity index (χ2v) is 20.3. The van der Waals surface area contributed by atoms with Gasteiger partial charge in [-0.2, -0.15) is 0 Å². The maximum absolute atomic E-state index is 4.92. The van der Waals surface area contributed by atoms with Crippen LogP contribution in [-0.4, -0.2) is 0 Å². The molecule has 215 valence electrons. The number of rotatable bonds is 6. The van der Waals surface area contributed by atoms with E-state index in [-0.39, 0.29) is 0 Å². The van der Waals surface area contributed by atoms with Gasteiger partial charge in [-0.3, -0.25) is 0 Å². The number of benzene rings is 6. The van der Waals surface area contributed by atoms with Crippen LogP contribution in [0.3, 0.4) is 0 Å². The van der Waals surface area contributed by atoms with Crippen LogP contribution in [0.25, 0.3) is 0 Å². The minimum absolute atomic E-state index is 0.446. The Labute approximate surface area is 270 Å². The monoisotopic (exact) mass is 735 g/mol. The maximum atomic E-state index is 4.92. The van der Waals surface area contributed by atoms with Gasteiger partial charge in [-0.05, 0) is 47.7 Å². The molecule has 0 spiro atoms. The summed E-state index contributed by atoms with van der Waals surface area (Å²) in [5.74, 6) is 0. The fourth-order valence-electron chi connectivity index (χ4n) is 4.36. The van der Waals surface area contributed by atoms with Crippen LogP contribution in [0, 0.1) is 0 Å². The van der Waals surface area contributed by atoms with Gasteiger partial charge in [-0.1, -0.05) is 182 Å². The molecule has 0 amide bonds. The summed E-state index contributed by atoms with van der Waals surface area (Å²) < 4.78 is 0. The molecule has 0 aromatic heterocycles. The van der Waals surface area contributed by atoms with E-state index >= 15 is 0 Å². The van der Waals surface area contributed by atoms with Gasteiger partial charge in [-0.15, -0.1) is 0 Å². The zero-order chi connectivity index (χ0) is 29.4. The van der Waals surface area contributed by atoms with Crippen LogP contribution in [0.2, 0.25) is 0 Å². The van der Waals surface area contributed by atoms with Gasteiger partial charge in [0.2, 0.25) is 0 Å². The molecule has 6 heteroatoms. The van der Waals surface area contributed by atoms with Gasteiger partial charge in [0.15, 0.2) is 0 Å². The Morgan fingerprint density at radius 3 is 0.500 bits per heavy atom. The molecule has 0 saturated heterocycles. The minimum Gasteiger partial charge on any atom is -0.0622 e. The molecule has 0 aliphatic heterocycles. The summed E-state index contributed by atoms with van der Waals surface area (Å²) in [4.78, 5) is 0. The third-order valence-electron chi connectivity index (χ3n) is 6.09. The van der Waals surface area contributed by atoms with E-state index in [1.54, 1.807) is 0 Å². The molecule has 6 rings (SSSR count). The molecule has 0 aliphatic rings. The number of halogens is 3. The molecule has 0 saturated carbocycles. The Hall–Kier alpha value is -2.29. The number of hydrogen-bond donors (Lipinski definition) is 0. The maximum Gasteiger partial charge on any atom is -0.0134 e. The summed E-state index contributed by atoms with van der Waals surface area (Å²) in [5, 5.41) is 8.39. The molecule has 0 nitrogen and oxygen atoms in total. The van der Waals surface area contributed by atoms with Crippen LogP contribution in [0.15, 0.2) is 182 Å². The molecule has 0 N–H and O–H groups in total. The van der Waals surface area contributed by atoms with E-state index in [9.17, 15) is 0 Å². The molecule has 0 unspecified atom stereocenters. The molecular formula is C36H30Cl3P2Pd. The van der Waals surface area contributed by atoms with Gasteiger partial charge in [0, 0.05) is 0 Å². The van der Waals surface area contributed by atoms with E-state index in [2.05, 4.69) is 182 Å². The van der Waals surface area contributed by atoms with Crippen molar-refractivity contribution in [3.8, 4) is 0 Å². The van der Waals surface area contributed by atoms with Crippen LogP contribution in [-0.2, 0) is 13.7 Å². The van der Waals surface area contributed by atoms with Gasteiger partial charge in [0.25, 0.3) is 0 Å². The Balaban J connectivity index is 0.000000171. The van der Waals surface area contributed by atoms with Gasteiger partial charge in [0.05, 0.1) is 0 Å². The third-order valence-corrected chi connectivity index (χ3v) is 11.0. The molecule has 0 bridgehead atoms. The fourth-order valence-corrected chi connectivity index (χ4v) is 8.97. The van der Waals surface area contributed by atoms with Crippen molar-refractivity contribution in [3.05, 3.63) is 182 Å². The van der Waals surface area contributed by atoms with Crippen LogP contribution in [0.4, 0.5) is 0 Å². The summed E-state index contributed by atoms with van der Waals surface area (Å²) in [6, 6.07) is 64.7. The minimum atomic E-state index is -1.57. The molecule has 42 heavy (non-hydrogen) atoms. The van der Waals surface area contributed by atoms with Crippen molar-refractivity contribution < 1.29 is 13.7 Å². The summed E-state index contributed by atoms with van der Waals surface area (Å²) >= 11 is -1.57. The first-order chi connectivity index (χ1) is 20.6. The van der Waals surface area contributed by atoms with E-state index < -0.39 is 29.5 Å². The standard InChI is InChI=1S/2C18H15P.3ClH.Pd/c2*1-4-10-16(11-5-1)19(17-12-6-2-7-13-17)18-14-8-3-9-15-18;;;;/h2*1-15H;3*1H;/q;;;;;+3/p-3. The van der Waals surface area contributed by atoms with Crippen molar-refractivity contribution in [1.82, 2.24) is 0 Å². The van der Waals surface area contributed by atoms with Crippen molar-refractivity contribution in [2.75, 3.05) is 0 Å². The molecule has 0 aliphatic carbocycles. The predicted octanol–water partition coefficient (Wildman–Crippen LogP) is 8.96. The van der Waals surface area contributed by atoms with Crippen molar-refractivity contribution in [2.45, 2.75) is 0 Å². The second-order valence-electron chi connectivity index (χ2n) is 8.82. The Morgan fingerprint density at radius 1 is 0.262 bits per heavy atom. The zero-order valence-corrected chi connectivity index (χ0v) is 28.3. The van der Waals surface area contributed by atoms with Gasteiger partial charge in [-0.25, -0.2) is 0 Å². The molecular weight excluding hydrogens is 707 g/mol. The SMILES string of the molecule is [Cl][Pd]([Cl])[Cl].c1ccc(P(c2ccccc2)c2ccccc2)cc1.c1ccc(P(c2ccccc2)c2ccccc2)cc1. The van der Waals surface area contributed by atoms with E-state index in [1.807, 2.05) is 0 Å². The normalized spacial score (nSPS) is 10.6. The molecule has 6 aromatic rings. The summed E-state index contributed by atoms with van der Waals surface area (Å²) in [6.45, 7) is 0. The first-order valence-electron chi connectivity index (χ1n) is 13.2. The number of hydrogen-bond acceptors (Lipinski definition) is 0. The smallest absolute Gasteiger partial charge is 0.0134 e. The average Bonchev–Trinajstić information content (AvgIpc) is 3.05. The van der Waals surface area contributed by atoms with Crippen LogP contribution >= 0.6 is 44.4 Å². The van der Waals surface area contributed by atoms with Gasteiger partial charge in [0.1, 0.15) is 0 Å². The quantitative estimate of drug-likeness (QED) is 0.118. The van der Waals surface area contributed by atoms with E-state index in [4.69, 9.17) is 28.6 Å². The third kappa shape index (κ3) is 10.5. The van der Waals surface area contributed by atoms with Crippen LogP contribution in [0.1, 0.15) is 0 Å². The van der Waals surface area contributed by atoms with E-state index in [0.29, 0.717) is 0 Å². The summed E-state index contributed by atoms with van der Waals surface area (Å²) in [7, 11) is 13.9. The largest absolute Gasteiger partial charge is 0.0622 e. The van der Waals surface area contributed by atoms with Crippen molar-refractivity contribution in [2.24, 2.45) is 0 Å². The molecule has 6 aromatic carbocycles. The van der Waals surface area contributed by atoms with Crippen molar-refractivity contribution in [3.63, 3.8) is 0 Å². The first kappa shape index (κ1) is 32.6.